The zero-order valence-electron chi connectivity index (χ0n) is 11.0. The fourth-order valence-corrected chi connectivity index (χ4v) is 3.11. The van der Waals surface area contributed by atoms with Crippen molar-refractivity contribution in [3.63, 3.8) is 0 Å². The van der Waals surface area contributed by atoms with Crippen molar-refractivity contribution in [2.45, 2.75) is 19.9 Å². The average molecular weight is 288 g/mol. The molecule has 0 spiro atoms. The van der Waals surface area contributed by atoms with Gasteiger partial charge in [-0.15, -0.1) is 11.3 Å². The van der Waals surface area contributed by atoms with Crippen LogP contribution in [0.4, 0.5) is 4.39 Å². The molecule has 0 saturated carbocycles. The fraction of sp³-hybridized carbons (Fsp3) is 0.200. The number of nitrogens with zero attached hydrogens (tertiary/aromatic N) is 2. The Bertz CT molecular complexity index is 775. The molecule has 2 heterocycles. The Kier molecular flexibility index (Phi) is 3.36. The lowest BCUT2D eigenvalue weighted by molar-refractivity contribution is 0.0997. The van der Waals surface area contributed by atoms with Gasteiger partial charge in [0.1, 0.15) is 5.82 Å². The predicted octanol–water partition coefficient (Wildman–Crippen LogP) is 3.68. The van der Waals surface area contributed by atoms with Gasteiger partial charge in [-0.1, -0.05) is 6.07 Å². The van der Waals surface area contributed by atoms with Crippen molar-refractivity contribution in [3.05, 3.63) is 52.9 Å². The van der Waals surface area contributed by atoms with Gasteiger partial charge in [0.15, 0.2) is 5.78 Å². The molecule has 0 aliphatic rings. The Balaban J connectivity index is 1.84. The van der Waals surface area contributed by atoms with Gasteiger partial charge < -0.3 is 0 Å². The van der Waals surface area contributed by atoms with Crippen LogP contribution in [0.2, 0.25) is 0 Å². The lowest BCUT2D eigenvalue weighted by Gasteiger charge is -1.94. The molecule has 3 rings (SSSR count). The molecule has 2 aromatic heterocycles. The van der Waals surface area contributed by atoms with Gasteiger partial charge in [0.2, 0.25) is 0 Å². The third-order valence-corrected chi connectivity index (χ3v) is 4.27. The fourth-order valence-electron chi connectivity index (χ4n) is 2.09. The minimum atomic E-state index is -0.275. The first-order chi connectivity index (χ1) is 9.65. The van der Waals surface area contributed by atoms with Crippen molar-refractivity contribution in [1.82, 2.24) is 9.78 Å². The number of benzene rings is 1. The maximum atomic E-state index is 13.1. The first kappa shape index (κ1) is 13.0. The van der Waals surface area contributed by atoms with Gasteiger partial charge >= 0.3 is 0 Å². The van der Waals surface area contributed by atoms with Crippen LogP contribution in [-0.2, 0) is 13.0 Å². The summed E-state index contributed by atoms with van der Waals surface area (Å²) in [6.45, 7) is 2.79. The van der Waals surface area contributed by atoms with Crippen LogP contribution in [0.25, 0.3) is 10.1 Å². The first-order valence-electron chi connectivity index (χ1n) is 6.39. The second kappa shape index (κ2) is 5.17. The van der Waals surface area contributed by atoms with E-state index in [1.807, 2.05) is 19.2 Å². The Morgan fingerprint density at radius 1 is 1.40 bits per heavy atom. The quantitative estimate of drug-likeness (QED) is 0.686. The Hall–Kier alpha value is -2.01. The van der Waals surface area contributed by atoms with Crippen molar-refractivity contribution in [2.75, 3.05) is 0 Å². The van der Waals surface area contributed by atoms with E-state index in [1.54, 1.807) is 16.9 Å². The number of hydrogen-bond donors (Lipinski definition) is 0. The van der Waals surface area contributed by atoms with Crippen LogP contribution in [0.5, 0.6) is 0 Å². The van der Waals surface area contributed by atoms with Crippen LogP contribution in [0, 0.1) is 5.82 Å². The lowest BCUT2D eigenvalue weighted by atomic mass is 10.1. The largest absolute Gasteiger partial charge is 0.293 e. The highest BCUT2D eigenvalue weighted by Crippen LogP contribution is 2.27. The number of fused-ring (bicyclic) bond motifs is 1. The monoisotopic (exact) mass is 288 g/mol. The van der Waals surface area contributed by atoms with Gasteiger partial charge in [0, 0.05) is 23.9 Å². The molecule has 0 atom stereocenters. The van der Waals surface area contributed by atoms with E-state index in [1.165, 1.54) is 23.5 Å². The van der Waals surface area contributed by atoms with Gasteiger partial charge in [-0.2, -0.15) is 5.10 Å². The molecular weight excluding hydrogens is 275 g/mol. The number of Topliss-reactive ketones (excluding diaryl/α,β-unsaturated/α-hetero) is 1. The van der Waals surface area contributed by atoms with Crippen molar-refractivity contribution >= 4 is 27.2 Å². The summed E-state index contributed by atoms with van der Waals surface area (Å²) in [6, 6.07) is 6.40. The van der Waals surface area contributed by atoms with E-state index < -0.39 is 0 Å². The molecule has 0 unspecified atom stereocenters. The summed E-state index contributed by atoms with van der Waals surface area (Å²) in [7, 11) is 0. The number of thiophene rings is 1. The van der Waals surface area contributed by atoms with Gasteiger partial charge in [-0.3, -0.25) is 9.48 Å². The maximum Gasteiger partial charge on any atom is 0.177 e. The van der Waals surface area contributed by atoms with Crippen LogP contribution in [-0.4, -0.2) is 15.6 Å². The zero-order valence-corrected chi connectivity index (χ0v) is 11.8. The molecule has 20 heavy (non-hydrogen) atoms. The average Bonchev–Trinajstić information content (AvgIpc) is 3.04. The highest BCUT2D eigenvalue weighted by Gasteiger charge is 2.12. The highest BCUT2D eigenvalue weighted by atomic mass is 32.1. The second-order valence-corrected chi connectivity index (χ2v) is 5.68. The van der Waals surface area contributed by atoms with Gasteiger partial charge in [-0.05, 0) is 36.1 Å². The second-order valence-electron chi connectivity index (χ2n) is 4.60. The zero-order chi connectivity index (χ0) is 14.1. The number of carbonyl (C=O) groups excluding carboxylic acids is 1. The van der Waals surface area contributed by atoms with Gasteiger partial charge in [0.05, 0.1) is 11.1 Å². The molecule has 0 aliphatic carbocycles. The van der Waals surface area contributed by atoms with E-state index >= 15 is 0 Å². The van der Waals surface area contributed by atoms with Crippen molar-refractivity contribution in [1.29, 1.82) is 0 Å². The minimum absolute atomic E-state index is 0.0438. The molecule has 1 aromatic carbocycles. The Morgan fingerprint density at radius 2 is 2.25 bits per heavy atom. The number of aromatic nitrogens is 2. The number of rotatable bonds is 4. The van der Waals surface area contributed by atoms with Crippen molar-refractivity contribution in [3.8, 4) is 0 Å². The Labute approximate surface area is 119 Å². The maximum absolute atomic E-state index is 13.1. The molecule has 5 heteroatoms. The van der Waals surface area contributed by atoms with Crippen LogP contribution in [0.3, 0.4) is 0 Å². The molecule has 0 saturated heterocycles. The molecule has 0 N–H and O–H groups in total. The summed E-state index contributed by atoms with van der Waals surface area (Å²) in [5.74, 6) is -0.232. The molecule has 0 radical (unpaired) electrons. The van der Waals surface area contributed by atoms with Crippen molar-refractivity contribution < 1.29 is 9.18 Å². The summed E-state index contributed by atoms with van der Waals surface area (Å²) in [5.41, 5.74) is 0.903. The van der Waals surface area contributed by atoms with E-state index in [-0.39, 0.29) is 11.6 Å². The molecule has 0 aliphatic heterocycles. The van der Waals surface area contributed by atoms with Crippen molar-refractivity contribution in [2.24, 2.45) is 0 Å². The predicted molar refractivity (Wildman–Crippen MR) is 77.7 cm³/mol. The number of halogens is 1. The standard InChI is InChI=1S/C15H13FN2OS/c1-2-18-9-10(8-17-18)5-13(19)15-6-11-3-4-12(16)7-14(11)20-15/h3-4,6-9H,2,5H2,1H3. The van der Waals surface area contributed by atoms with Gasteiger partial charge in [0.25, 0.3) is 0 Å². The smallest absolute Gasteiger partial charge is 0.177 e. The van der Waals surface area contributed by atoms with E-state index in [0.717, 1.165) is 22.2 Å². The normalized spacial score (nSPS) is 11.1. The van der Waals surface area contributed by atoms with Crippen LogP contribution < -0.4 is 0 Å². The lowest BCUT2D eigenvalue weighted by Crippen LogP contribution is -2.00. The first-order valence-corrected chi connectivity index (χ1v) is 7.21. The summed E-state index contributed by atoms with van der Waals surface area (Å²) < 4.78 is 15.7. The number of ketones is 1. The van der Waals surface area contributed by atoms with Gasteiger partial charge in [-0.25, -0.2) is 4.39 Å². The molecular formula is C15H13FN2OS. The third-order valence-electron chi connectivity index (χ3n) is 3.13. The molecule has 3 nitrogen and oxygen atoms in total. The number of hydrogen-bond acceptors (Lipinski definition) is 3. The SMILES string of the molecule is CCn1cc(CC(=O)c2cc3ccc(F)cc3s2)cn1. The highest BCUT2D eigenvalue weighted by molar-refractivity contribution is 7.20. The van der Waals surface area contributed by atoms with Crippen LogP contribution >= 0.6 is 11.3 Å². The number of aryl methyl sites for hydroxylation is 1. The molecule has 0 fully saturated rings. The van der Waals surface area contributed by atoms with E-state index in [9.17, 15) is 9.18 Å². The van der Waals surface area contributed by atoms with Crippen LogP contribution in [0.1, 0.15) is 22.2 Å². The summed E-state index contributed by atoms with van der Waals surface area (Å²) in [6.07, 6.45) is 3.93. The number of carbonyl (C=O) groups is 1. The van der Waals surface area contributed by atoms with E-state index in [2.05, 4.69) is 5.10 Å². The Morgan fingerprint density at radius 3 is 3.00 bits per heavy atom. The molecule has 3 aromatic rings. The summed E-state index contributed by atoms with van der Waals surface area (Å²) >= 11 is 1.33. The molecule has 0 bridgehead atoms. The van der Waals surface area contributed by atoms with E-state index in [4.69, 9.17) is 0 Å². The topological polar surface area (TPSA) is 34.9 Å². The third kappa shape index (κ3) is 2.49. The summed E-state index contributed by atoms with van der Waals surface area (Å²) in [4.78, 5) is 12.9. The molecule has 102 valence electrons. The summed E-state index contributed by atoms with van der Waals surface area (Å²) in [5, 5.41) is 5.06. The van der Waals surface area contributed by atoms with E-state index in [0.29, 0.717) is 11.3 Å². The molecule has 0 amide bonds. The van der Waals surface area contributed by atoms with Crippen LogP contribution in [0.15, 0.2) is 36.7 Å². The minimum Gasteiger partial charge on any atom is -0.293 e.